The summed E-state index contributed by atoms with van der Waals surface area (Å²) in [7, 11) is 0. The standard InChI is InChI=1S/C20H24N2O2/c1-13-5-7-17(8-6-13)12-21-18(23)11-19(24)22-20-15(3)9-14(2)10-16(20)4/h5-10H,11-12H2,1-4H3,(H,21,23)(H,22,24). The first-order valence-electron chi connectivity index (χ1n) is 8.05. The Hall–Kier alpha value is -2.62. The van der Waals surface area contributed by atoms with Crippen LogP contribution >= 0.6 is 0 Å². The van der Waals surface area contributed by atoms with Crippen molar-refractivity contribution in [2.45, 2.75) is 40.7 Å². The molecule has 2 N–H and O–H groups in total. The maximum atomic E-state index is 12.1. The summed E-state index contributed by atoms with van der Waals surface area (Å²) in [4.78, 5) is 24.0. The molecule has 126 valence electrons. The second-order valence-corrected chi connectivity index (χ2v) is 6.26. The molecule has 4 heteroatoms. The van der Waals surface area contributed by atoms with Crippen molar-refractivity contribution in [3.8, 4) is 0 Å². The Morgan fingerprint density at radius 1 is 0.833 bits per heavy atom. The summed E-state index contributed by atoms with van der Waals surface area (Å²) in [5.74, 6) is -0.582. The van der Waals surface area contributed by atoms with E-state index in [9.17, 15) is 9.59 Å². The van der Waals surface area contributed by atoms with E-state index in [1.165, 1.54) is 5.56 Å². The highest BCUT2D eigenvalue weighted by atomic mass is 16.2. The number of carbonyl (C=O) groups is 2. The Balaban J connectivity index is 1.88. The van der Waals surface area contributed by atoms with Crippen LogP contribution in [-0.4, -0.2) is 11.8 Å². The molecule has 0 radical (unpaired) electrons. The zero-order chi connectivity index (χ0) is 17.7. The molecule has 2 amide bonds. The molecule has 0 aliphatic rings. The van der Waals surface area contributed by atoms with Gasteiger partial charge in [-0.2, -0.15) is 0 Å². The molecule has 0 bridgehead atoms. The summed E-state index contributed by atoms with van der Waals surface area (Å²) in [6.45, 7) is 8.36. The number of benzene rings is 2. The molecular formula is C20H24N2O2. The first-order chi connectivity index (χ1) is 11.3. The van der Waals surface area contributed by atoms with Crippen LogP contribution in [0, 0.1) is 27.7 Å². The number of anilines is 1. The van der Waals surface area contributed by atoms with E-state index in [4.69, 9.17) is 0 Å². The van der Waals surface area contributed by atoms with Crippen molar-refractivity contribution in [2.75, 3.05) is 5.32 Å². The largest absolute Gasteiger partial charge is 0.352 e. The molecule has 0 aliphatic carbocycles. The highest BCUT2D eigenvalue weighted by Crippen LogP contribution is 2.21. The van der Waals surface area contributed by atoms with Crippen molar-refractivity contribution in [1.82, 2.24) is 5.32 Å². The maximum Gasteiger partial charge on any atom is 0.233 e. The molecule has 0 unspecified atom stereocenters. The monoisotopic (exact) mass is 324 g/mol. The fraction of sp³-hybridized carbons (Fsp3) is 0.300. The number of amides is 2. The fourth-order valence-electron chi connectivity index (χ4n) is 2.68. The number of hydrogen-bond donors (Lipinski definition) is 2. The van der Waals surface area contributed by atoms with Crippen LogP contribution in [0.2, 0.25) is 0 Å². The van der Waals surface area contributed by atoms with Gasteiger partial charge in [0, 0.05) is 12.2 Å². The minimum absolute atomic E-state index is 0.182. The zero-order valence-corrected chi connectivity index (χ0v) is 14.7. The van der Waals surface area contributed by atoms with Gasteiger partial charge in [0.2, 0.25) is 11.8 Å². The van der Waals surface area contributed by atoms with Gasteiger partial charge in [0.25, 0.3) is 0 Å². The van der Waals surface area contributed by atoms with Crippen LogP contribution < -0.4 is 10.6 Å². The number of aryl methyl sites for hydroxylation is 4. The van der Waals surface area contributed by atoms with Crippen LogP contribution in [-0.2, 0) is 16.1 Å². The third-order valence-corrected chi connectivity index (χ3v) is 3.87. The summed E-state index contributed by atoms with van der Waals surface area (Å²) < 4.78 is 0. The minimum Gasteiger partial charge on any atom is -0.352 e. The maximum absolute atomic E-state index is 12.1. The van der Waals surface area contributed by atoms with E-state index in [0.29, 0.717) is 6.54 Å². The highest BCUT2D eigenvalue weighted by Gasteiger charge is 2.12. The molecule has 4 nitrogen and oxygen atoms in total. The van der Waals surface area contributed by atoms with Crippen molar-refractivity contribution in [1.29, 1.82) is 0 Å². The summed E-state index contributed by atoms with van der Waals surface area (Å²) in [6, 6.07) is 12.0. The van der Waals surface area contributed by atoms with Crippen molar-refractivity contribution in [3.63, 3.8) is 0 Å². The number of hydrogen-bond acceptors (Lipinski definition) is 2. The van der Waals surface area contributed by atoms with Crippen LogP contribution in [0.1, 0.15) is 34.2 Å². The summed E-state index contributed by atoms with van der Waals surface area (Å²) in [5.41, 5.74) is 6.13. The number of nitrogens with one attached hydrogen (secondary N) is 2. The lowest BCUT2D eigenvalue weighted by atomic mass is 10.0. The molecule has 0 spiro atoms. The van der Waals surface area contributed by atoms with Gasteiger partial charge in [0.15, 0.2) is 0 Å². The smallest absolute Gasteiger partial charge is 0.233 e. The molecule has 0 aliphatic heterocycles. The van der Waals surface area contributed by atoms with Crippen molar-refractivity contribution < 1.29 is 9.59 Å². The van der Waals surface area contributed by atoms with Crippen molar-refractivity contribution >= 4 is 17.5 Å². The molecule has 0 heterocycles. The van der Waals surface area contributed by atoms with Crippen LogP contribution in [0.25, 0.3) is 0 Å². The number of rotatable bonds is 5. The van der Waals surface area contributed by atoms with Crippen molar-refractivity contribution in [2.24, 2.45) is 0 Å². The second kappa shape index (κ2) is 7.77. The van der Waals surface area contributed by atoms with E-state index in [2.05, 4.69) is 10.6 Å². The van der Waals surface area contributed by atoms with E-state index in [1.54, 1.807) is 0 Å². The molecule has 24 heavy (non-hydrogen) atoms. The Morgan fingerprint density at radius 2 is 1.42 bits per heavy atom. The first kappa shape index (κ1) is 17.7. The van der Waals surface area contributed by atoms with Crippen LogP contribution in [0.5, 0.6) is 0 Å². The van der Waals surface area contributed by atoms with Gasteiger partial charge in [-0.3, -0.25) is 9.59 Å². The second-order valence-electron chi connectivity index (χ2n) is 6.26. The summed E-state index contributed by atoms with van der Waals surface area (Å²) in [6.07, 6.45) is -0.182. The van der Waals surface area contributed by atoms with E-state index in [-0.39, 0.29) is 18.2 Å². The van der Waals surface area contributed by atoms with E-state index in [0.717, 1.165) is 27.9 Å². The fourth-order valence-corrected chi connectivity index (χ4v) is 2.68. The van der Waals surface area contributed by atoms with E-state index >= 15 is 0 Å². The SMILES string of the molecule is Cc1ccc(CNC(=O)CC(=O)Nc2c(C)cc(C)cc2C)cc1. The molecular weight excluding hydrogens is 300 g/mol. The predicted octanol–water partition coefficient (Wildman–Crippen LogP) is 3.57. The Labute approximate surface area is 143 Å². The summed E-state index contributed by atoms with van der Waals surface area (Å²) in [5, 5.41) is 5.62. The van der Waals surface area contributed by atoms with Crippen LogP contribution in [0.4, 0.5) is 5.69 Å². The molecule has 0 aromatic heterocycles. The molecule has 2 aromatic carbocycles. The van der Waals surface area contributed by atoms with Crippen LogP contribution in [0.15, 0.2) is 36.4 Å². The van der Waals surface area contributed by atoms with Gasteiger partial charge in [-0.25, -0.2) is 0 Å². The average molecular weight is 324 g/mol. The summed E-state index contributed by atoms with van der Waals surface area (Å²) >= 11 is 0. The topological polar surface area (TPSA) is 58.2 Å². The Bertz CT molecular complexity index is 726. The molecule has 0 saturated heterocycles. The molecule has 0 saturated carbocycles. The van der Waals surface area contributed by atoms with Gasteiger partial charge < -0.3 is 10.6 Å². The van der Waals surface area contributed by atoms with Gasteiger partial charge in [0.1, 0.15) is 6.42 Å². The molecule has 0 fully saturated rings. The lowest BCUT2D eigenvalue weighted by molar-refractivity contribution is -0.126. The molecule has 2 rings (SSSR count). The van der Waals surface area contributed by atoms with E-state index < -0.39 is 0 Å². The van der Waals surface area contributed by atoms with Gasteiger partial charge in [-0.05, 0) is 44.4 Å². The normalized spacial score (nSPS) is 10.3. The molecule has 0 atom stereocenters. The van der Waals surface area contributed by atoms with Crippen LogP contribution in [0.3, 0.4) is 0 Å². The van der Waals surface area contributed by atoms with E-state index in [1.807, 2.05) is 64.1 Å². The minimum atomic E-state index is -0.300. The lowest BCUT2D eigenvalue weighted by Gasteiger charge is -2.13. The lowest BCUT2D eigenvalue weighted by Crippen LogP contribution is -2.28. The number of carbonyl (C=O) groups excluding carboxylic acids is 2. The first-order valence-corrected chi connectivity index (χ1v) is 8.05. The quantitative estimate of drug-likeness (QED) is 0.826. The van der Waals surface area contributed by atoms with Gasteiger partial charge >= 0.3 is 0 Å². The highest BCUT2D eigenvalue weighted by molar-refractivity contribution is 6.04. The predicted molar refractivity (Wildman–Crippen MR) is 96.9 cm³/mol. The zero-order valence-electron chi connectivity index (χ0n) is 14.7. The Morgan fingerprint density at radius 3 is 2.00 bits per heavy atom. The van der Waals surface area contributed by atoms with Gasteiger partial charge in [0.05, 0.1) is 0 Å². The third-order valence-electron chi connectivity index (χ3n) is 3.87. The average Bonchev–Trinajstić information content (AvgIpc) is 2.50. The van der Waals surface area contributed by atoms with Gasteiger partial charge in [-0.15, -0.1) is 0 Å². The Kier molecular flexibility index (Phi) is 5.74. The van der Waals surface area contributed by atoms with Crippen molar-refractivity contribution in [3.05, 3.63) is 64.2 Å². The van der Waals surface area contributed by atoms with Gasteiger partial charge in [-0.1, -0.05) is 47.5 Å². The molecule has 2 aromatic rings. The third kappa shape index (κ3) is 4.95.